The van der Waals surface area contributed by atoms with Crippen LogP contribution in [0.5, 0.6) is 5.75 Å². The van der Waals surface area contributed by atoms with Crippen molar-refractivity contribution in [3.63, 3.8) is 0 Å². The molecule has 3 rings (SSSR count). The highest BCUT2D eigenvalue weighted by Gasteiger charge is 2.13. The van der Waals surface area contributed by atoms with Gasteiger partial charge in [-0.2, -0.15) is 0 Å². The van der Waals surface area contributed by atoms with Gasteiger partial charge in [0, 0.05) is 0 Å². The fourth-order valence-corrected chi connectivity index (χ4v) is 3.53. The van der Waals surface area contributed by atoms with Crippen molar-refractivity contribution in [1.29, 1.82) is 0 Å². The van der Waals surface area contributed by atoms with Crippen LogP contribution in [-0.4, -0.2) is 19.7 Å². The maximum Gasteiger partial charge on any atom is 0.119 e. The van der Waals surface area contributed by atoms with E-state index in [1.807, 2.05) is 0 Å². The van der Waals surface area contributed by atoms with Crippen LogP contribution >= 0.6 is 0 Å². The lowest BCUT2D eigenvalue weighted by atomic mass is 9.90. The van der Waals surface area contributed by atoms with E-state index in [4.69, 9.17) is 4.74 Å². The Bertz CT molecular complexity index is 453. The third kappa shape index (κ3) is 4.88. The van der Waals surface area contributed by atoms with Gasteiger partial charge in [-0.1, -0.05) is 43.5 Å². The molecule has 1 aliphatic heterocycles. The van der Waals surface area contributed by atoms with Crippen molar-refractivity contribution < 1.29 is 4.74 Å². The molecule has 1 aromatic rings. The average molecular weight is 299 g/mol. The van der Waals surface area contributed by atoms with Gasteiger partial charge in [-0.15, -0.1) is 0 Å². The highest BCUT2D eigenvalue weighted by atomic mass is 16.5. The van der Waals surface area contributed by atoms with Gasteiger partial charge in [-0.25, -0.2) is 0 Å². The van der Waals surface area contributed by atoms with Crippen LogP contribution in [0.3, 0.4) is 0 Å². The molecule has 22 heavy (non-hydrogen) atoms. The lowest BCUT2D eigenvalue weighted by Crippen LogP contribution is -2.26. The van der Waals surface area contributed by atoms with Crippen molar-refractivity contribution in [2.24, 2.45) is 11.8 Å². The topological polar surface area (TPSA) is 21.3 Å². The summed E-state index contributed by atoms with van der Waals surface area (Å²) in [5, 5.41) is 3.41. The summed E-state index contributed by atoms with van der Waals surface area (Å²) in [5.74, 6) is 2.53. The highest BCUT2D eigenvalue weighted by Crippen LogP contribution is 2.25. The molecule has 2 fully saturated rings. The van der Waals surface area contributed by atoms with Crippen molar-refractivity contribution in [2.45, 2.75) is 44.9 Å². The van der Waals surface area contributed by atoms with Crippen molar-refractivity contribution in [3.05, 3.63) is 35.9 Å². The van der Waals surface area contributed by atoms with E-state index in [1.165, 1.54) is 50.5 Å². The van der Waals surface area contributed by atoms with E-state index in [2.05, 4.69) is 41.7 Å². The summed E-state index contributed by atoms with van der Waals surface area (Å²) in [6.07, 6.45) is 14.0. The van der Waals surface area contributed by atoms with Crippen LogP contribution in [-0.2, 0) is 0 Å². The molecule has 0 radical (unpaired) electrons. The molecule has 120 valence electrons. The van der Waals surface area contributed by atoms with Crippen LogP contribution in [0.25, 0.3) is 6.08 Å². The van der Waals surface area contributed by atoms with Gasteiger partial charge in [-0.3, -0.25) is 0 Å². The number of allylic oxidation sites excluding steroid dienone is 1. The van der Waals surface area contributed by atoms with E-state index in [9.17, 15) is 0 Å². The van der Waals surface area contributed by atoms with Gasteiger partial charge in [0.15, 0.2) is 0 Å². The Morgan fingerprint density at radius 3 is 2.41 bits per heavy atom. The van der Waals surface area contributed by atoms with Crippen LogP contribution in [0.1, 0.15) is 50.5 Å². The predicted molar refractivity (Wildman–Crippen MR) is 93.1 cm³/mol. The van der Waals surface area contributed by atoms with Crippen molar-refractivity contribution in [2.75, 3.05) is 19.7 Å². The monoisotopic (exact) mass is 299 g/mol. The quantitative estimate of drug-likeness (QED) is 0.854. The molecule has 2 nitrogen and oxygen atoms in total. The summed E-state index contributed by atoms with van der Waals surface area (Å²) < 4.78 is 5.96. The zero-order valence-electron chi connectivity index (χ0n) is 13.6. The first kappa shape index (κ1) is 15.6. The molecule has 2 heteroatoms. The summed E-state index contributed by atoms with van der Waals surface area (Å²) in [4.78, 5) is 0. The third-order valence-electron chi connectivity index (χ3n) is 5.04. The number of hydrogen-bond acceptors (Lipinski definition) is 2. The smallest absolute Gasteiger partial charge is 0.119 e. The Morgan fingerprint density at radius 1 is 0.955 bits per heavy atom. The molecule has 1 saturated heterocycles. The van der Waals surface area contributed by atoms with Crippen molar-refractivity contribution in [1.82, 2.24) is 5.32 Å². The first-order chi connectivity index (χ1) is 10.9. The SMILES string of the molecule is C(=CC1CCNCC1)c1ccc(OCC2CCCCC2)cc1. The first-order valence-corrected chi connectivity index (χ1v) is 9.02. The van der Waals surface area contributed by atoms with Crippen molar-refractivity contribution >= 4 is 6.08 Å². The second-order valence-corrected chi connectivity index (χ2v) is 6.83. The molecule has 0 aromatic heterocycles. The Kier molecular flexibility index (Phi) is 5.94. The van der Waals surface area contributed by atoms with Gasteiger partial charge in [0.1, 0.15) is 5.75 Å². The van der Waals surface area contributed by atoms with Gasteiger partial charge < -0.3 is 10.1 Å². The molecule has 2 aliphatic rings. The van der Waals surface area contributed by atoms with Crippen LogP contribution in [0.15, 0.2) is 30.3 Å². The normalized spacial score (nSPS) is 21.3. The van der Waals surface area contributed by atoms with E-state index >= 15 is 0 Å². The Balaban J connectivity index is 1.46. The second-order valence-electron chi connectivity index (χ2n) is 6.83. The molecule has 0 spiro atoms. The van der Waals surface area contributed by atoms with Gasteiger partial charge in [-0.05, 0) is 68.3 Å². The number of benzene rings is 1. The van der Waals surface area contributed by atoms with E-state index in [-0.39, 0.29) is 0 Å². The first-order valence-electron chi connectivity index (χ1n) is 9.02. The molecular formula is C20H29NO. The summed E-state index contributed by atoms with van der Waals surface area (Å²) in [6.45, 7) is 3.20. The zero-order chi connectivity index (χ0) is 15.0. The fourth-order valence-electron chi connectivity index (χ4n) is 3.53. The molecule has 0 unspecified atom stereocenters. The molecule has 1 aromatic carbocycles. The fraction of sp³-hybridized carbons (Fsp3) is 0.600. The molecule has 1 N–H and O–H groups in total. The maximum atomic E-state index is 5.96. The Hall–Kier alpha value is -1.28. The standard InChI is InChI=1S/C20H29NO/c1-2-4-19(5-3-1)16-22-20-10-8-17(9-11-20)6-7-18-12-14-21-15-13-18/h6-11,18-19,21H,1-5,12-16H2. The molecule has 1 saturated carbocycles. The number of rotatable bonds is 5. The van der Waals surface area contributed by atoms with E-state index in [1.54, 1.807) is 0 Å². The van der Waals surface area contributed by atoms with Gasteiger partial charge in [0.2, 0.25) is 0 Å². The summed E-state index contributed by atoms with van der Waals surface area (Å²) in [5.41, 5.74) is 1.28. The molecule has 0 amide bonds. The molecular weight excluding hydrogens is 270 g/mol. The number of ether oxygens (including phenoxy) is 1. The summed E-state index contributed by atoms with van der Waals surface area (Å²) in [7, 11) is 0. The van der Waals surface area contributed by atoms with Crippen LogP contribution in [0.2, 0.25) is 0 Å². The zero-order valence-corrected chi connectivity index (χ0v) is 13.6. The Morgan fingerprint density at radius 2 is 1.68 bits per heavy atom. The minimum Gasteiger partial charge on any atom is -0.493 e. The van der Waals surface area contributed by atoms with Gasteiger partial charge >= 0.3 is 0 Å². The van der Waals surface area contributed by atoms with Crippen LogP contribution in [0.4, 0.5) is 0 Å². The Labute approximate surface area is 135 Å². The van der Waals surface area contributed by atoms with Crippen LogP contribution < -0.4 is 10.1 Å². The second kappa shape index (κ2) is 8.38. The number of hydrogen-bond donors (Lipinski definition) is 1. The number of nitrogens with one attached hydrogen (secondary N) is 1. The van der Waals surface area contributed by atoms with E-state index < -0.39 is 0 Å². The highest BCUT2D eigenvalue weighted by molar-refractivity contribution is 5.50. The van der Waals surface area contributed by atoms with E-state index in [0.717, 1.165) is 37.3 Å². The molecule has 0 atom stereocenters. The maximum absolute atomic E-state index is 5.96. The van der Waals surface area contributed by atoms with E-state index in [0.29, 0.717) is 0 Å². The van der Waals surface area contributed by atoms with Crippen LogP contribution in [0, 0.1) is 11.8 Å². The van der Waals surface area contributed by atoms with Gasteiger partial charge in [0.05, 0.1) is 6.61 Å². The third-order valence-corrected chi connectivity index (χ3v) is 5.04. The molecule has 0 bridgehead atoms. The number of piperidine rings is 1. The summed E-state index contributed by atoms with van der Waals surface area (Å²) >= 11 is 0. The lowest BCUT2D eigenvalue weighted by Gasteiger charge is -2.21. The minimum absolute atomic E-state index is 0.739. The predicted octanol–water partition coefficient (Wildman–Crippen LogP) is 4.66. The summed E-state index contributed by atoms with van der Waals surface area (Å²) in [6, 6.07) is 8.58. The minimum atomic E-state index is 0.739. The average Bonchev–Trinajstić information content (AvgIpc) is 2.61. The van der Waals surface area contributed by atoms with Crippen molar-refractivity contribution in [3.8, 4) is 5.75 Å². The van der Waals surface area contributed by atoms with Gasteiger partial charge in [0.25, 0.3) is 0 Å². The molecule has 1 heterocycles. The lowest BCUT2D eigenvalue weighted by molar-refractivity contribution is 0.209. The largest absolute Gasteiger partial charge is 0.493 e. The molecule has 1 aliphatic carbocycles.